The molecule has 4 heteroatoms. The molecule has 0 saturated heterocycles. The van der Waals surface area contributed by atoms with E-state index >= 15 is 0 Å². The third-order valence-corrected chi connectivity index (χ3v) is 4.57. The summed E-state index contributed by atoms with van der Waals surface area (Å²) in [6.07, 6.45) is 5.70. The number of rotatable bonds is 3. The fraction of sp³-hybridized carbons (Fsp3) is 0.500. The van der Waals surface area contributed by atoms with E-state index in [1.54, 1.807) is 6.07 Å². The van der Waals surface area contributed by atoms with E-state index in [4.69, 9.17) is 29.3 Å². The minimum Gasteiger partial charge on any atom is -0.481 e. The van der Waals surface area contributed by atoms with Gasteiger partial charge in [0.25, 0.3) is 0 Å². The lowest BCUT2D eigenvalue weighted by Crippen LogP contribution is -2.22. The molecular weight excluding hydrogens is 268 g/mol. The zero-order chi connectivity index (χ0) is 13.2. The second-order valence-electron chi connectivity index (χ2n) is 4.98. The number of aliphatic carboxylic acids is 1. The Hall–Kier alpha value is -0.670. The van der Waals surface area contributed by atoms with Crippen LogP contribution >= 0.6 is 24.2 Å². The van der Waals surface area contributed by atoms with Gasteiger partial charge in [-0.2, -0.15) is 12.6 Å². The van der Waals surface area contributed by atoms with Gasteiger partial charge in [0.15, 0.2) is 0 Å². The van der Waals surface area contributed by atoms with Crippen LogP contribution in [0.15, 0.2) is 18.2 Å². The van der Waals surface area contributed by atoms with E-state index in [-0.39, 0.29) is 11.2 Å². The van der Waals surface area contributed by atoms with Gasteiger partial charge < -0.3 is 5.11 Å². The molecule has 0 spiro atoms. The van der Waals surface area contributed by atoms with Crippen LogP contribution in [0.5, 0.6) is 0 Å². The van der Waals surface area contributed by atoms with E-state index in [0.717, 1.165) is 24.0 Å². The zero-order valence-corrected chi connectivity index (χ0v) is 11.8. The summed E-state index contributed by atoms with van der Waals surface area (Å²) in [4.78, 5) is 10.7. The number of hydrogen-bond donors (Lipinski definition) is 2. The quantitative estimate of drug-likeness (QED) is 0.822. The minimum absolute atomic E-state index is 0.0135. The highest BCUT2D eigenvalue weighted by Gasteiger charge is 2.31. The second-order valence-corrected chi connectivity index (χ2v) is 6.24. The van der Waals surface area contributed by atoms with Crippen LogP contribution in [0.1, 0.15) is 43.2 Å². The zero-order valence-electron chi connectivity index (χ0n) is 10.2. The van der Waals surface area contributed by atoms with Crippen LogP contribution in [-0.4, -0.2) is 11.1 Å². The third-order valence-electron chi connectivity index (χ3n) is 3.57. The van der Waals surface area contributed by atoms with Crippen LogP contribution < -0.4 is 0 Å². The number of halogens is 1. The molecule has 0 aromatic heterocycles. The fourth-order valence-electron chi connectivity index (χ4n) is 2.63. The highest BCUT2D eigenvalue weighted by atomic mass is 35.5. The van der Waals surface area contributed by atoms with Gasteiger partial charge in [-0.1, -0.05) is 43.0 Å². The maximum absolute atomic E-state index is 10.7. The van der Waals surface area contributed by atoms with Gasteiger partial charge in [0, 0.05) is 9.77 Å². The second kappa shape index (κ2) is 5.54. The van der Waals surface area contributed by atoms with Gasteiger partial charge in [-0.3, -0.25) is 4.79 Å². The van der Waals surface area contributed by atoms with Crippen LogP contribution in [0, 0.1) is 0 Å². The molecule has 2 nitrogen and oxygen atoms in total. The van der Waals surface area contributed by atoms with Crippen LogP contribution in [-0.2, 0) is 16.0 Å². The summed E-state index contributed by atoms with van der Waals surface area (Å²) in [6, 6.07) is 5.55. The molecular formula is C14H17ClO2S. The minimum atomic E-state index is -0.836. The summed E-state index contributed by atoms with van der Waals surface area (Å²) in [5.74, 6) is -0.836. The Bertz CT molecular complexity index is 453. The Kier molecular flexibility index (Phi) is 4.23. The molecule has 0 atom stereocenters. The predicted molar refractivity (Wildman–Crippen MR) is 76.5 cm³/mol. The van der Waals surface area contributed by atoms with E-state index in [0.29, 0.717) is 5.02 Å². The average Bonchev–Trinajstić information content (AvgIpc) is 2.28. The smallest absolute Gasteiger partial charge is 0.307 e. The monoisotopic (exact) mass is 284 g/mol. The average molecular weight is 285 g/mol. The SMILES string of the molecule is O=C(O)Cc1ccc(C2(S)CCCCC2)c(Cl)c1. The van der Waals surface area contributed by atoms with E-state index in [1.807, 2.05) is 12.1 Å². The van der Waals surface area contributed by atoms with Crippen molar-refractivity contribution in [3.8, 4) is 0 Å². The molecule has 98 valence electrons. The van der Waals surface area contributed by atoms with Crippen molar-refractivity contribution in [1.29, 1.82) is 0 Å². The number of thiol groups is 1. The largest absolute Gasteiger partial charge is 0.481 e. The maximum atomic E-state index is 10.7. The first-order chi connectivity index (χ1) is 8.51. The highest BCUT2D eigenvalue weighted by Crippen LogP contribution is 2.45. The molecule has 1 aromatic carbocycles. The number of carbonyl (C=O) groups is 1. The van der Waals surface area contributed by atoms with Gasteiger partial charge >= 0.3 is 5.97 Å². The summed E-state index contributed by atoms with van der Waals surface area (Å²) < 4.78 is -0.142. The van der Waals surface area contributed by atoms with Crippen molar-refractivity contribution in [2.24, 2.45) is 0 Å². The third kappa shape index (κ3) is 3.01. The van der Waals surface area contributed by atoms with Gasteiger partial charge in [0.05, 0.1) is 6.42 Å². The van der Waals surface area contributed by atoms with Crippen molar-refractivity contribution < 1.29 is 9.90 Å². The van der Waals surface area contributed by atoms with Crippen LogP contribution in [0.25, 0.3) is 0 Å². The standard InChI is InChI=1S/C14H17ClO2S/c15-12-8-10(9-13(16)17)4-5-11(12)14(18)6-2-1-3-7-14/h4-5,8,18H,1-3,6-7,9H2,(H,16,17). The highest BCUT2D eigenvalue weighted by molar-refractivity contribution is 7.81. The van der Waals surface area contributed by atoms with Gasteiger partial charge in [-0.15, -0.1) is 0 Å². The summed E-state index contributed by atoms with van der Waals surface area (Å²) in [5, 5.41) is 9.41. The van der Waals surface area contributed by atoms with Crippen molar-refractivity contribution in [2.45, 2.75) is 43.3 Å². The number of carboxylic acids is 1. The number of benzene rings is 1. The van der Waals surface area contributed by atoms with Gasteiger partial charge in [-0.05, 0) is 30.0 Å². The maximum Gasteiger partial charge on any atom is 0.307 e. The van der Waals surface area contributed by atoms with Crippen molar-refractivity contribution in [3.05, 3.63) is 34.3 Å². The first-order valence-corrected chi connectivity index (χ1v) is 7.07. The molecule has 0 bridgehead atoms. The lowest BCUT2D eigenvalue weighted by Gasteiger charge is -2.33. The van der Waals surface area contributed by atoms with Gasteiger partial charge in [0.1, 0.15) is 0 Å². The fourth-order valence-corrected chi connectivity index (χ4v) is 3.59. The van der Waals surface area contributed by atoms with Gasteiger partial charge in [-0.25, -0.2) is 0 Å². The molecule has 1 aromatic rings. The summed E-state index contributed by atoms with van der Waals surface area (Å²) in [7, 11) is 0. The van der Waals surface area contributed by atoms with Gasteiger partial charge in [0.2, 0.25) is 0 Å². The molecule has 0 aliphatic heterocycles. The van der Waals surface area contributed by atoms with Crippen molar-refractivity contribution in [1.82, 2.24) is 0 Å². The lowest BCUT2D eigenvalue weighted by atomic mass is 9.82. The first kappa shape index (κ1) is 13.8. The predicted octanol–water partition coefficient (Wildman–Crippen LogP) is 4.06. The Morgan fingerprint density at radius 3 is 2.56 bits per heavy atom. The Labute approximate surface area is 118 Å². The molecule has 1 saturated carbocycles. The molecule has 0 heterocycles. The summed E-state index contributed by atoms with van der Waals surface area (Å²) >= 11 is 11.1. The van der Waals surface area contributed by atoms with Crippen LogP contribution in [0.4, 0.5) is 0 Å². The normalized spacial score (nSPS) is 18.6. The van der Waals surface area contributed by atoms with E-state index < -0.39 is 5.97 Å². The number of hydrogen-bond acceptors (Lipinski definition) is 2. The molecule has 18 heavy (non-hydrogen) atoms. The summed E-state index contributed by atoms with van der Waals surface area (Å²) in [5.41, 5.74) is 1.78. The molecule has 0 unspecified atom stereocenters. The Balaban J connectivity index is 2.26. The van der Waals surface area contributed by atoms with E-state index in [1.165, 1.54) is 19.3 Å². The summed E-state index contributed by atoms with van der Waals surface area (Å²) in [6.45, 7) is 0. The molecule has 2 rings (SSSR count). The Morgan fingerprint density at radius 1 is 1.33 bits per heavy atom. The molecule has 0 radical (unpaired) electrons. The molecule has 1 fully saturated rings. The lowest BCUT2D eigenvalue weighted by molar-refractivity contribution is -0.136. The molecule has 1 aliphatic carbocycles. The Morgan fingerprint density at radius 2 is 2.00 bits per heavy atom. The molecule has 1 aliphatic rings. The van der Waals surface area contributed by atoms with Crippen LogP contribution in [0.3, 0.4) is 0 Å². The first-order valence-electron chi connectivity index (χ1n) is 6.24. The van der Waals surface area contributed by atoms with Crippen molar-refractivity contribution in [3.63, 3.8) is 0 Å². The molecule has 1 N–H and O–H groups in total. The van der Waals surface area contributed by atoms with Crippen LogP contribution in [0.2, 0.25) is 5.02 Å². The van der Waals surface area contributed by atoms with Crippen molar-refractivity contribution in [2.75, 3.05) is 0 Å². The number of carboxylic acid groups (broad SMARTS) is 1. The topological polar surface area (TPSA) is 37.3 Å². The van der Waals surface area contributed by atoms with Crippen molar-refractivity contribution >= 4 is 30.2 Å². The van der Waals surface area contributed by atoms with E-state index in [9.17, 15) is 4.79 Å². The molecule has 0 amide bonds. The van der Waals surface area contributed by atoms with E-state index in [2.05, 4.69) is 0 Å².